The van der Waals surface area contributed by atoms with Gasteiger partial charge >= 0.3 is 0 Å². The molecule has 4 N–H and O–H groups in total. The lowest BCUT2D eigenvalue weighted by atomic mass is 9.98. The first-order chi connectivity index (χ1) is 10.1. The van der Waals surface area contributed by atoms with Crippen LogP contribution in [0.2, 0.25) is 0 Å². The molecule has 1 aliphatic heterocycles. The third-order valence-electron chi connectivity index (χ3n) is 4.21. The van der Waals surface area contributed by atoms with Crippen molar-refractivity contribution < 1.29 is 4.74 Å². The average molecular weight is 287 g/mol. The van der Waals surface area contributed by atoms with E-state index in [1.807, 2.05) is 0 Å². The van der Waals surface area contributed by atoms with E-state index in [4.69, 9.17) is 16.2 Å². The number of anilines is 2. The minimum Gasteiger partial charge on any atom is -0.383 e. The molecule has 6 nitrogen and oxygen atoms in total. The second-order valence-electron chi connectivity index (χ2n) is 5.54. The van der Waals surface area contributed by atoms with Gasteiger partial charge in [0.25, 0.3) is 0 Å². The molecule has 1 aromatic heterocycles. The topological polar surface area (TPSA) is 90.3 Å². The van der Waals surface area contributed by atoms with Gasteiger partial charge in [-0.05, 0) is 36.6 Å². The van der Waals surface area contributed by atoms with Crippen molar-refractivity contribution in [2.45, 2.75) is 20.4 Å². The monoisotopic (exact) mass is 287 g/mol. The fourth-order valence-corrected chi connectivity index (χ4v) is 2.87. The minimum absolute atomic E-state index is 0.223. The van der Waals surface area contributed by atoms with Gasteiger partial charge in [-0.25, -0.2) is 4.98 Å². The molecule has 1 saturated heterocycles. The van der Waals surface area contributed by atoms with Crippen LogP contribution >= 0.6 is 0 Å². The lowest BCUT2D eigenvalue weighted by Crippen LogP contribution is -2.35. The first-order valence-electron chi connectivity index (χ1n) is 7.18. The average Bonchev–Trinajstić information content (AvgIpc) is 2.44. The molecule has 6 heteroatoms. The molecule has 21 heavy (non-hydrogen) atoms. The number of aromatic nitrogens is 2. The van der Waals surface area contributed by atoms with Crippen LogP contribution < -0.4 is 11.5 Å². The number of nitrogens with two attached hydrogens (primary N) is 2. The third kappa shape index (κ3) is 2.64. The van der Waals surface area contributed by atoms with Crippen LogP contribution in [0, 0.1) is 13.8 Å². The zero-order valence-electron chi connectivity index (χ0n) is 12.5. The van der Waals surface area contributed by atoms with Crippen LogP contribution in [0.1, 0.15) is 16.7 Å². The van der Waals surface area contributed by atoms with E-state index in [9.17, 15) is 0 Å². The molecule has 3 rings (SSSR count). The largest absolute Gasteiger partial charge is 0.383 e. The van der Waals surface area contributed by atoms with Gasteiger partial charge in [-0.1, -0.05) is 0 Å². The van der Waals surface area contributed by atoms with E-state index in [1.165, 1.54) is 11.1 Å². The Balaban J connectivity index is 2.04. The van der Waals surface area contributed by atoms with Gasteiger partial charge in [-0.3, -0.25) is 4.90 Å². The molecule has 112 valence electrons. The van der Waals surface area contributed by atoms with E-state index in [-0.39, 0.29) is 5.95 Å². The van der Waals surface area contributed by atoms with Gasteiger partial charge in [0.1, 0.15) is 5.82 Å². The zero-order chi connectivity index (χ0) is 15.0. The number of ether oxygens (including phenoxy) is 1. The van der Waals surface area contributed by atoms with Gasteiger partial charge in [0.05, 0.1) is 18.7 Å². The summed E-state index contributed by atoms with van der Waals surface area (Å²) >= 11 is 0. The lowest BCUT2D eigenvalue weighted by molar-refractivity contribution is 0.0341. The fourth-order valence-electron chi connectivity index (χ4n) is 2.87. The van der Waals surface area contributed by atoms with Crippen LogP contribution in [-0.2, 0) is 11.3 Å². The van der Waals surface area contributed by atoms with Gasteiger partial charge in [0.15, 0.2) is 0 Å². The maximum atomic E-state index is 6.00. The highest BCUT2D eigenvalue weighted by Gasteiger charge is 2.16. The van der Waals surface area contributed by atoms with Crippen molar-refractivity contribution in [3.63, 3.8) is 0 Å². The number of benzene rings is 1. The van der Waals surface area contributed by atoms with E-state index in [1.54, 1.807) is 0 Å². The standard InChI is InChI=1S/C15H21N5O/c1-9-10(2)13-12(18-15(17)19-14(13)16)7-11(9)8-20-3-5-21-6-4-20/h7H,3-6,8H2,1-2H3,(H4,16,17,18,19). The smallest absolute Gasteiger partial charge is 0.222 e. The van der Waals surface area contributed by atoms with Crippen LogP contribution in [0.15, 0.2) is 6.07 Å². The molecule has 1 aliphatic rings. The number of aryl methyl sites for hydroxylation is 1. The summed E-state index contributed by atoms with van der Waals surface area (Å²) < 4.78 is 5.40. The Morgan fingerprint density at radius 2 is 1.86 bits per heavy atom. The number of hydrogen-bond donors (Lipinski definition) is 2. The fraction of sp³-hybridized carbons (Fsp3) is 0.467. The van der Waals surface area contributed by atoms with Crippen molar-refractivity contribution in [3.05, 3.63) is 22.8 Å². The van der Waals surface area contributed by atoms with Crippen LogP contribution in [-0.4, -0.2) is 41.2 Å². The Kier molecular flexibility index (Phi) is 3.65. The summed E-state index contributed by atoms with van der Waals surface area (Å²) in [7, 11) is 0. The van der Waals surface area contributed by atoms with Gasteiger partial charge < -0.3 is 16.2 Å². The van der Waals surface area contributed by atoms with Crippen molar-refractivity contribution in [1.82, 2.24) is 14.9 Å². The highest BCUT2D eigenvalue weighted by atomic mass is 16.5. The van der Waals surface area contributed by atoms with Crippen LogP contribution in [0.5, 0.6) is 0 Å². The Labute approximate surface area is 124 Å². The van der Waals surface area contributed by atoms with E-state index >= 15 is 0 Å². The molecule has 0 amide bonds. The second kappa shape index (κ2) is 5.46. The molecule has 0 bridgehead atoms. The molecular weight excluding hydrogens is 266 g/mol. The number of hydrogen-bond acceptors (Lipinski definition) is 6. The molecule has 2 heterocycles. The normalized spacial score (nSPS) is 16.5. The molecule has 0 spiro atoms. The number of morpholine rings is 1. The summed E-state index contributed by atoms with van der Waals surface area (Å²) in [6, 6.07) is 2.08. The molecule has 1 fully saturated rings. The van der Waals surface area contributed by atoms with Crippen molar-refractivity contribution in [2.75, 3.05) is 37.8 Å². The zero-order valence-corrected chi connectivity index (χ0v) is 12.5. The summed E-state index contributed by atoms with van der Waals surface area (Å²) in [6.07, 6.45) is 0. The second-order valence-corrected chi connectivity index (χ2v) is 5.54. The Morgan fingerprint density at radius 3 is 2.57 bits per heavy atom. The van der Waals surface area contributed by atoms with Crippen LogP contribution in [0.25, 0.3) is 10.9 Å². The summed E-state index contributed by atoms with van der Waals surface area (Å²) in [5.74, 6) is 0.677. The van der Waals surface area contributed by atoms with E-state index in [2.05, 4.69) is 34.8 Å². The molecule has 0 radical (unpaired) electrons. The Hall–Kier alpha value is -1.92. The van der Waals surface area contributed by atoms with E-state index in [0.717, 1.165) is 49.3 Å². The third-order valence-corrected chi connectivity index (χ3v) is 4.21. The van der Waals surface area contributed by atoms with Crippen molar-refractivity contribution in [1.29, 1.82) is 0 Å². The van der Waals surface area contributed by atoms with Gasteiger partial charge in [0.2, 0.25) is 5.95 Å². The number of fused-ring (bicyclic) bond motifs is 1. The molecule has 0 unspecified atom stereocenters. The van der Waals surface area contributed by atoms with Crippen molar-refractivity contribution >= 4 is 22.7 Å². The summed E-state index contributed by atoms with van der Waals surface area (Å²) in [4.78, 5) is 10.8. The van der Waals surface area contributed by atoms with Crippen molar-refractivity contribution in [3.8, 4) is 0 Å². The first kappa shape index (κ1) is 14.0. The van der Waals surface area contributed by atoms with Crippen LogP contribution in [0.3, 0.4) is 0 Å². The van der Waals surface area contributed by atoms with Gasteiger partial charge in [-0.2, -0.15) is 4.98 Å². The summed E-state index contributed by atoms with van der Waals surface area (Å²) in [6.45, 7) is 8.61. The van der Waals surface area contributed by atoms with Gasteiger partial charge in [0, 0.05) is 25.0 Å². The van der Waals surface area contributed by atoms with E-state index in [0.29, 0.717) is 5.82 Å². The highest BCUT2D eigenvalue weighted by Crippen LogP contribution is 2.28. The van der Waals surface area contributed by atoms with E-state index < -0.39 is 0 Å². The molecular formula is C15H21N5O. The first-order valence-corrected chi connectivity index (χ1v) is 7.18. The summed E-state index contributed by atoms with van der Waals surface area (Å²) in [5.41, 5.74) is 16.2. The number of nitrogens with zero attached hydrogens (tertiary/aromatic N) is 3. The number of nitrogen functional groups attached to an aromatic ring is 2. The predicted molar refractivity (Wildman–Crippen MR) is 83.9 cm³/mol. The maximum Gasteiger partial charge on any atom is 0.222 e. The molecule has 0 saturated carbocycles. The predicted octanol–water partition coefficient (Wildman–Crippen LogP) is 1.24. The SMILES string of the molecule is Cc1c(CN2CCOCC2)cc2nc(N)nc(N)c2c1C. The molecule has 0 aliphatic carbocycles. The molecule has 0 atom stereocenters. The maximum absolute atomic E-state index is 6.00. The highest BCUT2D eigenvalue weighted by molar-refractivity contribution is 5.93. The Bertz CT molecular complexity index is 680. The summed E-state index contributed by atoms with van der Waals surface area (Å²) in [5, 5.41) is 0.910. The molecule has 2 aromatic rings. The quantitative estimate of drug-likeness (QED) is 0.863. The minimum atomic E-state index is 0.223. The lowest BCUT2D eigenvalue weighted by Gasteiger charge is -2.27. The van der Waals surface area contributed by atoms with Gasteiger partial charge in [-0.15, -0.1) is 0 Å². The Morgan fingerprint density at radius 1 is 1.14 bits per heavy atom. The van der Waals surface area contributed by atoms with Crippen LogP contribution in [0.4, 0.5) is 11.8 Å². The van der Waals surface area contributed by atoms with Crippen molar-refractivity contribution in [2.24, 2.45) is 0 Å². The molecule has 1 aromatic carbocycles. The number of rotatable bonds is 2.